The molecule has 146 valence electrons. The van der Waals surface area contributed by atoms with Crippen LogP contribution in [0, 0.1) is 25.7 Å². The second-order valence-electron chi connectivity index (χ2n) is 7.67. The molecule has 3 unspecified atom stereocenters. The molecular formula is C20H26Cl2N4O. The number of hydrogen-bond donors (Lipinski definition) is 1. The molecule has 0 bridgehead atoms. The highest BCUT2D eigenvalue weighted by Gasteiger charge is 2.43. The quantitative estimate of drug-likeness (QED) is 0.845. The van der Waals surface area contributed by atoms with Gasteiger partial charge in [0.15, 0.2) is 0 Å². The van der Waals surface area contributed by atoms with Crippen LogP contribution in [0.4, 0.5) is 0 Å². The van der Waals surface area contributed by atoms with Crippen molar-refractivity contribution < 1.29 is 4.79 Å². The van der Waals surface area contributed by atoms with Gasteiger partial charge in [0, 0.05) is 29.8 Å². The number of amides is 1. The number of rotatable bonds is 3. The summed E-state index contributed by atoms with van der Waals surface area (Å²) in [5.41, 5.74) is 9.62. The zero-order valence-electron chi connectivity index (χ0n) is 15.7. The Bertz CT molecular complexity index is 851. The van der Waals surface area contributed by atoms with Crippen LogP contribution in [0.1, 0.15) is 40.2 Å². The van der Waals surface area contributed by atoms with Crippen molar-refractivity contribution >= 4 is 29.9 Å². The summed E-state index contributed by atoms with van der Waals surface area (Å²) in [5.74, 6) is 1.11. The summed E-state index contributed by atoms with van der Waals surface area (Å²) in [6.45, 7) is 6.04. The molecule has 4 rings (SSSR count). The number of carbonyl (C=O) groups excluding carboxylic acids is 1. The van der Waals surface area contributed by atoms with Gasteiger partial charge in [0.2, 0.25) is 0 Å². The summed E-state index contributed by atoms with van der Waals surface area (Å²) in [6, 6.07) is 7.98. The summed E-state index contributed by atoms with van der Waals surface area (Å²) in [5, 5.41) is 5.33. The molecule has 0 spiro atoms. The van der Waals surface area contributed by atoms with Crippen LogP contribution in [-0.4, -0.2) is 39.7 Å². The summed E-state index contributed by atoms with van der Waals surface area (Å²) in [7, 11) is 0. The molecule has 2 aliphatic rings. The largest absolute Gasteiger partial charge is 0.338 e. The first-order valence-corrected chi connectivity index (χ1v) is 9.65. The smallest absolute Gasteiger partial charge is 0.257 e. The van der Waals surface area contributed by atoms with E-state index in [0.717, 1.165) is 48.4 Å². The third kappa shape index (κ3) is 3.60. The predicted octanol–water partition coefficient (Wildman–Crippen LogP) is 3.43. The summed E-state index contributed by atoms with van der Waals surface area (Å²) < 4.78 is 1.88. The Kier molecular flexibility index (Phi) is 5.84. The third-order valence-corrected chi connectivity index (χ3v) is 6.44. The average molecular weight is 409 g/mol. The first kappa shape index (κ1) is 20.2. The lowest BCUT2D eigenvalue weighted by molar-refractivity contribution is 0.0778. The van der Waals surface area contributed by atoms with E-state index in [0.29, 0.717) is 23.4 Å². The van der Waals surface area contributed by atoms with E-state index in [1.807, 2.05) is 47.7 Å². The molecule has 1 aromatic heterocycles. The van der Waals surface area contributed by atoms with Gasteiger partial charge in [-0.15, -0.1) is 12.4 Å². The number of likely N-dealkylation sites (tertiary alicyclic amines) is 1. The van der Waals surface area contributed by atoms with Crippen LogP contribution in [0.25, 0.3) is 0 Å². The number of nitrogens with two attached hydrogens (primary N) is 1. The third-order valence-electron chi connectivity index (χ3n) is 6.07. The van der Waals surface area contributed by atoms with Crippen LogP contribution in [0.3, 0.4) is 0 Å². The lowest BCUT2D eigenvalue weighted by atomic mass is 9.98. The molecule has 1 aromatic carbocycles. The molecule has 5 nitrogen and oxygen atoms in total. The molecule has 3 atom stereocenters. The number of benzene rings is 1. The molecule has 1 aliphatic heterocycles. The summed E-state index contributed by atoms with van der Waals surface area (Å²) in [6.07, 6.45) is 2.23. The summed E-state index contributed by atoms with van der Waals surface area (Å²) >= 11 is 6.28. The van der Waals surface area contributed by atoms with Gasteiger partial charge >= 0.3 is 0 Å². The molecule has 1 amide bonds. The monoisotopic (exact) mass is 408 g/mol. The number of hydrogen-bond acceptors (Lipinski definition) is 3. The molecule has 27 heavy (non-hydrogen) atoms. The molecule has 2 aromatic rings. The van der Waals surface area contributed by atoms with Gasteiger partial charge in [0.25, 0.3) is 5.91 Å². The van der Waals surface area contributed by atoms with E-state index < -0.39 is 0 Å². The molecule has 2 N–H and O–H groups in total. The van der Waals surface area contributed by atoms with E-state index in [1.165, 1.54) is 0 Å². The zero-order chi connectivity index (χ0) is 18.4. The van der Waals surface area contributed by atoms with Crippen LogP contribution in [-0.2, 0) is 6.54 Å². The fourth-order valence-corrected chi connectivity index (χ4v) is 4.78. The highest BCUT2D eigenvalue weighted by atomic mass is 35.5. The Labute approximate surface area is 171 Å². The molecular weight excluding hydrogens is 383 g/mol. The Morgan fingerprint density at radius 1 is 1.26 bits per heavy atom. The van der Waals surface area contributed by atoms with E-state index in [9.17, 15) is 4.79 Å². The highest BCUT2D eigenvalue weighted by Crippen LogP contribution is 2.38. The van der Waals surface area contributed by atoms with Crippen molar-refractivity contribution in [3.8, 4) is 0 Å². The molecule has 1 saturated carbocycles. The first-order chi connectivity index (χ1) is 12.5. The highest BCUT2D eigenvalue weighted by molar-refractivity contribution is 6.31. The van der Waals surface area contributed by atoms with Crippen molar-refractivity contribution in [3.05, 3.63) is 51.8 Å². The number of nitrogens with zero attached hydrogens (tertiary/aromatic N) is 3. The molecule has 2 heterocycles. The number of halogens is 2. The average Bonchev–Trinajstić information content (AvgIpc) is 3.25. The fraction of sp³-hybridized carbons (Fsp3) is 0.500. The Hall–Kier alpha value is -1.56. The second-order valence-corrected chi connectivity index (χ2v) is 8.08. The zero-order valence-corrected chi connectivity index (χ0v) is 17.3. The van der Waals surface area contributed by atoms with E-state index in [-0.39, 0.29) is 24.4 Å². The van der Waals surface area contributed by atoms with Crippen LogP contribution >= 0.6 is 24.0 Å². The minimum atomic E-state index is 0. The van der Waals surface area contributed by atoms with E-state index in [2.05, 4.69) is 5.10 Å². The molecule has 1 saturated heterocycles. The Balaban J connectivity index is 0.00000210. The number of carbonyl (C=O) groups is 1. The molecule has 2 fully saturated rings. The first-order valence-electron chi connectivity index (χ1n) is 9.28. The van der Waals surface area contributed by atoms with E-state index in [4.69, 9.17) is 17.3 Å². The minimum Gasteiger partial charge on any atom is -0.338 e. The van der Waals surface area contributed by atoms with Crippen LogP contribution in [0.5, 0.6) is 0 Å². The maximum absolute atomic E-state index is 13.2. The molecule has 7 heteroatoms. The van der Waals surface area contributed by atoms with Crippen molar-refractivity contribution in [2.75, 3.05) is 13.1 Å². The fourth-order valence-electron chi connectivity index (χ4n) is 4.58. The van der Waals surface area contributed by atoms with Crippen molar-refractivity contribution in [1.82, 2.24) is 14.7 Å². The molecule has 1 aliphatic carbocycles. The van der Waals surface area contributed by atoms with Gasteiger partial charge in [-0.25, -0.2) is 0 Å². The van der Waals surface area contributed by atoms with Crippen LogP contribution in [0.2, 0.25) is 5.02 Å². The maximum atomic E-state index is 13.2. The van der Waals surface area contributed by atoms with Gasteiger partial charge in [0.1, 0.15) is 0 Å². The topological polar surface area (TPSA) is 64.2 Å². The predicted molar refractivity (Wildman–Crippen MR) is 110 cm³/mol. The van der Waals surface area contributed by atoms with E-state index in [1.54, 1.807) is 0 Å². The lowest BCUT2D eigenvalue weighted by Gasteiger charge is -2.19. The van der Waals surface area contributed by atoms with Gasteiger partial charge in [0.05, 0.1) is 17.8 Å². The van der Waals surface area contributed by atoms with Gasteiger partial charge in [-0.3, -0.25) is 9.48 Å². The van der Waals surface area contributed by atoms with Gasteiger partial charge in [-0.1, -0.05) is 29.8 Å². The SMILES string of the molecule is Cc1nn(Cc2ccccc2Cl)c(C)c1C(=O)N1CC2CCC(N)C2C1.Cl. The minimum absolute atomic E-state index is 0. The Morgan fingerprint density at radius 2 is 2.00 bits per heavy atom. The van der Waals surface area contributed by atoms with Gasteiger partial charge < -0.3 is 10.6 Å². The lowest BCUT2D eigenvalue weighted by Crippen LogP contribution is -2.34. The van der Waals surface area contributed by atoms with Crippen molar-refractivity contribution in [1.29, 1.82) is 0 Å². The maximum Gasteiger partial charge on any atom is 0.257 e. The van der Waals surface area contributed by atoms with Crippen LogP contribution in [0.15, 0.2) is 24.3 Å². The van der Waals surface area contributed by atoms with Crippen LogP contribution < -0.4 is 5.73 Å². The standard InChI is InChI=1S/C20H25ClN4O.ClH/c1-12-19(20(26)24-9-14-7-8-18(22)16(14)11-24)13(2)25(23-12)10-15-5-3-4-6-17(15)21;/h3-6,14,16,18H,7-11,22H2,1-2H3;1H. The van der Waals surface area contributed by atoms with Gasteiger partial charge in [-0.2, -0.15) is 5.10 Å². The second kappa shape index (κ2) is 7.82. The van der Waals surface area contributed by atoms with E-state index >= 15 is 0 Å². The normalized spacial score (nSPS) is 24.0. The Morgan fingerprint density at radius 3 is 2.70 bits per heavy atom. The number of aromatic nitrogens is 2. The number of aryl methyl sites for hydroxylation is 1. The molecule has 0 radical (unpaired) electrons. The van der Waals surface area contributed by atoms with Crippen molar-refractivity contribution in [2.24, 2.45) is 17.6 Å². The van der Waals surface area contributed by atoms with Crippen molar-refractivity contribution in [2.45, 2.75) is 39.3 Å². The summed E-state index contributed by atoms with van der Waals surface area (Å²) in [4.78, 5) is 15.1. The van der Waals surface area contributed by atoms with Crippen molar-refractivity contribution in [3.63, 3.8) is 0 Å². The number of fused-ring (bicyclic) bond motifs is 1. The van der Waals surface area contributed by atoms with Gasteiger partial charge in [-0.05, 0) is 50.2 Å².